The summed E-state index contributed by atoms with van der Waals surface area (Å²) < 4.78 is 0. The van der Waals surface area contributed by atoms with E-state index in [0.29, 0.717) is 27.1 Å². The third-order valence-electron chi connectivity index (χ3n) is 3.78. The van der Waals surface area contributed by atoms with Gasteiger partial charge in [0.25, 0.3) is 0 Å². The Labute approximate surface area is 165 Å². The number of carbonyl (C=O) groups excluding carboxylic acids is 3. The lowest BCUT2D eigenvalue weighted by Crippen LogP contribution is -2.28. The summed E-state index contributed by atoms with van der Waals surface area (Å²) in [6.45, 7) is 1.48. The highest BCUT2D eigenvalue weighted by Crippen LogP contribution is 2.26. The number of carbonyl (C=O) groups is 3. The third kappa shape index (κ3) is 5.18. The van der Waals surface area contributed by atoms with Crippen molar-refractivity contribution in [3.8, 4) is 0 Å². The van der Waals surface area contributed by atoms with Crippen LogP contribution >= 0.6 is 23.4 Å². The molecule has 1 aliphatic heterocycles. The number of hydrogen-bond donors (Lipinski definition) is 2. The number of hydrogen-bond acceptors (Lipinski definition) is 5. The van der Waals surface area contributed by atoms with Gasteiger partial charge in [0.1, 0.15) is 5.25 Å². The molecule has 1 heterocycles. The van der Waals surface area contributed by atoms with Gasteiger partial charge in [-0.3, -0.25) is 14.4 Å². The molecule has 0 aromatic heterocycles. The van der Waals surface area contributed by atoms with Crippen molar-refractivity contribution in [2.24, 2.45) is 4.99 Å². The molecule has 27 heavy (non-hydrogen) atoms. The van der Waals surface area contributed by atoms with E-state index in [1.807, 2.05) is 0 Å². The van der Waals surface area contributed by atoms with E-state index in [1.54, 1.807) is 48.5 Å². The predicted octanol–water partition coefficient (Wildman–Crippen LogP) is 3.79. The Morgan fingerprint density at radius 2 is 1.81 bits per heavy atom. The van der Waals surface area contributed by atoms with Crippen molar-refractivity contribution in [2.75, 3.05) is 5.32 Å². The van der Waals surface area contributed by atoms with Crippen LogP contribution in [0, 0.1) is 0 Å². The average Bonchev–Trinajstić information content (AvgIpc) is 2.96. The number of aliphatic imine (C=N–C) groups is 1. The van der Waals surface area contributed by atoms with Gasteiger partial charge in [-0.2, -0.15) is 0 Å². The minimum atomic E-state index is -0.549. The van der Waals surface area contributed by atoms with E-state index in [2.05, 4.69) is 15.6 Å². The van der Waals surface area contributed by atoms with E-state index in [0.717, 1.165) is 0 Å². The molecule has 2 amide bonds. The van der Waals surface area contributed by atoms with Crippen molar-refractivity contribution in [3.05, 3.63) is 59.1 Å². The van der Waals surface area contributed by atoms with Crippen molar-refractivity contribution < 1.29 is 14.4 Å². The van der Waals surface area contributed by atoms with Crippen LogP contribution in [-0.4, -0.2) is 28.0 Å². The number of nitrogens with zero attached hydrogens (tertiary/aromatic N) is 1. The van der Waals surface area contributed by atoms with Crippen LogP contribution in [0.2, 0.25) is 5.02 Å². The van der Waals surface area contributed by atoms with Crippen molar-refractivity contribution >= 4 is 57.5 Å². The van der Waals surface area contributed by atoms with Crippen LogP contribution in [0.1, 0.15) is 23.7 Å². The average molecular weight is 402 g/mol. The number of ketones is 1. The maximum atomic E-state index is 12.2. The first-order valence-corrected chi connectivity index (χ1v) is 9.39. The Balaban J connectivity index is 1.58. The largest absolute Gasteiger partial charge is 0.326 e. The molecule has 1 unspecified atom stereocenters. The number of rotatable bonds is 5. The summed E-state index contributed by atoms with van der Waals surface area (Å²) >= 11 is 7.05. The first kappa shape index (κ1) is 19.1. The summed E-state index contributed by atoms with van der Waals surface area (Å²) in [5, 5.41) is 5.91. The zero-order chi connectivity index (χ0) is 19.4. The normalized spacial score (nSPS) is 17.6. The number of Topliss-reactive ketones (excluding diaryl/α,β-unsaturated/α-hetero) is 1. The molecule has 1 fully saturated rings. The molecule has 0 bridgehead atoms. The SMILES string of the molecule is CC(=O)c1ccc(NC(=O)CC2SC(=Nc3ccc(Cl)cc3)NC2=O)cc1. The number of nitrogens with one attached hydrogen (secondary N) is 2. The molecule has 1 atom stereocenters. The molecule has 8 heteroatoms. The Morgan fingerprint density at radius 1 is 1.15 bits per heavy atom. The van der Waals surface area contributed by atoms with Crippen molar-refractivity contribution in [2.45, 2.75) is 18.6 Å². The Hall–Kier alpha value is -2.64. The van der Waals surface area contributed by atoms with Crippen LogP contribution in [0.15, 0.2) is 53.5 Å². The molecule has 0 spiro atoms. The lowest BCUT2D eigenvalue weighted by Gasteiger charge is -2.07. The number of amides is 2. The summed E-state index contributed by atoms with van der Waals surface area (Å²) in [5.41, 5.74) is 1.81. The highest BCUT2D eigenvalue weighted by molar-refractivity contribution is 8.15. The molecule has 3 rings (SSSR count). The van der Waals surface area contributed by atoms with Gasteiger partial charge < -0.3 is 10.6 Å². The highest BCUT2D eigenvalue weighted by atomic mass is 35.5. The van der Waals surface area contributed by atoms with E-state index in [9.17, 15) is 14.4 Å². The molecule has 138 valence electrons. The molecule has 0 aliphatic carbocycles. The van der Waals surface area contributed by atoms with Gasteiger partial charge in [-0.15, -0.1) is 0 Å². The van der Waals surface area contributed by atoms with E-state index < -0.39 is 5.25 Å². The smallest absolute Gasteiger partial charge is 0.240 e. The number of anilines is 1. The zero-order valence-electron chi connectivity index (χ0n) is 14.4. The number of thioether (sulfide) groups is 1. The fourth-order valence-electron chi connectivity index (χ4n) is 2.39. The fraction of sp³-hybridized carbons (Fsp3) is 0.158. The molecule has 1 saturated heterocycles. The summed E-state index contributed by atoms with van der Waals surface area (Å²) in [6, 6.07) is 13.5. The molecule has 2 aromatic carbocycles. The maximum absolute atomic E-state index is 12.2. The standard InChI is InChI=1S/C19H16ClN3O3S/c1-11(24)12-2-6-14(7-3-12)21-17(25)10-16-18(26)23-19(27-16)22-15-8-4-13(20)5-9-15/h2-9,16H,10H2,1H3,(H,21,25)(H,22,23,26). The van der Waals surface area contributed by atoms with Gasteiger partial charge in [0, 0.05) is 22.7 Å². The Bertz CT molecular complexity index is 911. The first-order valence-electron chi connectivity index (χ1n) is 8.13. The summed E-state index contributed by atoms with van der Waals surface area (Å²) in [4.78, 5) is 39.9. The van der Waals surface area contributed by atoms with Gasteiger partial charge in [0.05, 0.1) is 5.69 Å². The Kier molecular flexibility index (Phi) is 5.93. The molecule has 6 nitrogen and oxygen atoms in total. The monoisotopic (exact) mass is 401 g/mol. The molecule has 2 aromatic rings. The molecule has 2 N–H and O–H groups in total. The fourth-order valence-corrected chi connectivity index (χ4v) is 3.51. The minimum absolute atomic E-state index is 0.0184. The van der Waals surface area contributed by atoms with E-state index >= 15 is 0 Å². The minimum Gasteiger partial charge on any atom is -0.326 e. The predicted molar refractivity (Wildman–Crippen MR) is 108 cm³/mol. The van der Waals surface area contributed by atoms with Crippen LogP contribution in [0.5, 0.6) is 0 Å². The second-order valence-corrected chi connectivity index (χ2v) is 7.50. The second-order valence-electron chi connectivity index (χ2n) is 5.87. The van der Waals surface area contributed by atoms with Gasteiger partial charge >= 0.3 is 0 Å². The molecule has 1 aliphatic rings. The van der Waals surface area contributed by atoms with E-state index in [1.165, 1.54) is 18.7 Å². The number of amidine groups is 1. The lowest BCUT2D eigenvalue weighted by atomic mass is 10.1. The van der Waals surface area contributed by atoms with E-state index in [4.69, 9.17) is 11.6 Å². The molecular formula is C19H16ClN3O3S. The number of benzene rings is 2. The Morgan fingerprint density at radius 3 is 2.44 bits per heavy atom. The van der Waals surface area contributed by atoms with Crippen molar-refractivity contribution in [1.29, 1.82) is 0 Å². The van der Waals surface area contributed by atoms with Crippen molar-refractivity contribution in [1.82, 2.24) is 5.32 Å². The first-order chi connectivity index (χ1) is 12.9. The third-order valence-corrected chi connectivity index (χ3v) is 5.11. The van der Waals surface area contributed by atoms with Crippen LogP contribution in [0.25, 0.3) is 0 Å². The van der Waals surface area contributed by atoms with Gasteiger partial charge in [-0.25, -0.2) is 4.99 Å². The van der Waals surface area contributed by atoms with E-state index in [-0.39, 0.29) is 24.0 Å². The van der Waals surface area contributed by atoms with Crippen molar-refractivity contribution in [3.63, 3.8) is 0 Å². The topological polar surface area (TPSA) is 87.6 Å². The highest BCUT2D eigenvalue weighted by Gasteiger charge is 2.32. The van der Waals surface area contributed by atoms with Gasteiger partial charge in [0.2, 0.25) is 11.8 Å². The zero-order valence-corrected chi connectivity index (χ0v) is 15.9. The quantitative estimate of drug-likeness (QED) is 0.746. The molecular weight excluding hydrogens is 386 g/mol. The van der Waals surface area contributed by atoms with Crippen LogP contribution in [-0.2, 0) is 9.59 Å². The lowest BCUT2D eigenvalue weighted by molar-refractivity contribution is -0.122. The van der Waals surface area contributed by atoms with Gasteiger partial charge in [0.15, 0.2) is 11.0 Å². The second kappa shape index (κ2) is 8.37. The maximum Gasteiger partial charge on any atom is 0.240 e. The summed E-state index contributed by atoms with van der Waals surface area (Å²) in [6.07, 6.45) is 0.0184. The number of halogens is 1. The molecule has 0 saturated carbocycles. The molecule has 0 radical (unpaired) electrons. The van der Waals surface area contributed by atoms with Gasteiger partial charge in [-0.1, -0.05) is 23.4 Å². The van der Waals surface area contributed by atoms with Gasteiger partial charge in [-0.05, 0) is 55.5 Å². The van der Waals surface area contributed by atoms with Crippen LogP contribution in [0.4, 0.5) is 11.4 Å². The van der Waals surface area contributed by atoms with Crippen LogP contribution in [0.3, 0.4) is 0 Å². The summed E-state index contributed by atoms with van der Waals surface area (Å²) in [5.74, 6) is -0.583. The van der Waals surface area contributed by atoms with Crippen LogP contribution < -0.4 is 10.6 Å². The summed E-state index contributed by atoms with van der Waals surface area (Å²) in [7, 11) is 0.